The van der Waals surface area contributed by atoms with Crippen LogP contribution < -0.4 is 10.5 Å². The molecule has 0 radical (unpaired) electrons. The fourth-order valence-electron chi connectivity index (χ4n) is 1.48. The molecule has 0 spiro atoms. The summed E-state index contributed by atoms with van der Waals surface area (Å²) >= 11 is 0. The lowest BCUT2D eigenvalue weighted by atomic mass is 10.2. The minimum absolute atomic E-state index is 0.445. The second-order valence-electron chi connectivity index (χ2n) is 4.22. The van der Waals surface area contributed by atoms with Gasteiger partial charge in [-0.3, -0.25) is 4.21 Å². The van der Waals surface area contributed by atoms with Gasteiger partial charge in [-0.2, -0.15) is 0 Å². The van der Waals surface area contributed by atoms with Gasteiger partial charge in [0.1, 0.15) is 5.75 Å². The van der Waals surface area contributed by atoms with Crippen molar-refractivity contribution in [3.63, 3.8) is 0 Å². The summed E-state index contributed by atoms with van der Waals surface area (Å²) in [6.07, 6.45) is 0. The first-order valence-corrected chi connectivity index (χ1v) is 6.79. The Balaban J connectivity index is 2.76. The van der Waals surface area contributed by atoms with Gasteiger partial charge in [-0.25, -0.2) is 0 Å². The molecule has 0 fully saturated rings. The molecule has 1 unspecified atom stereocenters. The van der Waals surface area contributed by atoms with Crippen molar-refractivity contribution in [1.82, 2.24) is 0 Å². The molecule has 1 atom stereocenters. The van der Waals surface area contributed by atoms with Gasteiger partial charge in [-0.1, -0.05) is 19.9 Å². The Morgan fingerprint density at radius 3 is 2.69 bits per heavy atom. The SMILES string of the molecule is COc1cc(N)ccc1CS(=O)CC(C)C. The third-order valence-corrected chi connectivity index (χ3v) is 3.82. The zero-order chi connectivity index (χ0) is 12.1. The van der Waals surface area contributed by atoms with E-state index in [-0.39, 0.29) is 0 Å². The maximum Gasteiger partial charge on any atom is 0.125 e. The van der Waals surface area contributed by atoms with E-state index in [2.05, 4.69) is 13.8 Å². The van der Waals surface area contributed by atoms with Crippen LogP contribution in [0.3, 0.4) is 0 Å². The van der Waals surface area contributed by atoms with Crippen molar-refractivity contribution >= 4 is 16.5 Å². The first-order valence-electron chi connectivity index (χ1n) is 5.30. The lowest BCUT2D eigenvalue weighted by Gasteiger charge is -2.10. The number of anilines is 1. The van der Waals surface area contributed by atoms with Gasteiger partial charge >= 0.3 is 0 Å². The second kappa shape index (κ2) is 5.89. The fraction of sp³-hybridized carbons (Fsp3) is 0.500. The van der Waals surface area contributed by atoms with E-state index in [1.54, 1.807) is 13.2 Å². The number of nitrogen functional groups attached to an aromatic ring is 1. The first-order chi connectivity index (χ1) is 7.52. The lowest BCUT2D eigenvalue weighted by Crippen LogP contribution is -2.07. The third kappa shape index (κ3) is 3.85. The van der Waals surface area contributed by atoms with E-state index >= 15 is 0 Å². The third-order valence-electron chi connectivity index (χ3n) is 2.15. The average Bonchev–Trinajstić information content (AvgIpc) is 2.19. The van der Waals surface area contributed by atoms with Crippen LogP contribution in [0.2, 0.25) is 0 Å². The molecule has 3 nitrogen and oxygen atoms in total. The minimum Gasteiger partial charge on any atom is -0.496 e. The smallest absolute Gasteiger partial charge is 0.125 e. The van der Waals surface area contributed by atoms with Crippen LogP contribution in [-0.2, 0) is 16.6 Å². The number of nitrogens with two attached hydrogens (primary N) is 1. The zero-order valence-electron chi connectivity index (χ0n) is 10.0. The number of rotatable bonds is 5. The molecule has 0 aliphatic heterocycles. The Morgan fingerprint density at radius 1 is 1.44 bits per heavy atom. The molecule has 4 heteroatoms. The summed E-state index contributed by atoms with van der Waals surface area (Å²) in [5, 5.41) is 0. The van der Waals surface area contributed by atoms with Crippen molar-refractivity contribution in [2.45, 2.75) is 19.6 Å². The van der Waals surface area contributed by atoms with Crippen molar-refractivity contribution in [2.75, 3.05) is 18.6 Å². The molecule has 90 valence electrons. The highest BCUT2D eigenvalue weighted by molar-refractivity contribution is 7.84. The summed E-state index contributed by atoms with van der Waals surface area (Å²) in [7, 11) is 0.760. The van der Waals surface area contributed by atoms with Crippen LogP contribution in [0.15, 0.2) is 18.2 Å². The molecule has 0 heterocycles. The highest BCUT2D eigenvalue weighted by atomic mass is 32.2. The van der Waals surface area contributed by atoms with E-state index in [0.717, 1.165) is 11.3 Å². The highest BCUT2D eigenvalue weighted by Crippen LogP contribution is 2.23. The molecule has 16 heavy (non-hydrogen) atoms. The topological polar surface area (TPSA) is 52.3 Å². The monoisotopic (exact) mass is 241 g/mol. The molecule has 0 saturated carbocycles. The average molecular weight is 241 g/mol. The van der Waals surface area contributed by atoms with E-state index < -0.39 is 10.8 Å². The largest absolute Gasteiger partial charge is 0.496 e. The van der Waals surface area contributed by atoms with Crippen molar-refractivity contribution in [1.29, 1.82) is 0 Å². The van der Waals surface area contributed by atoms with Crippen molar-refractivity contribution in [3.8, 4) is 5.75 Å². The summed E-state index contributed by atoms with van der Waals surface area (Å²) in [4.78, 5) is 0. The molecule has 0 aromatic heterocycles. The Bertz CT molecular complexity index is 377. The Morgan fingerprint density at radius 2 is 2.12 bits per heavy atom. The fourth-order valence-corrected chi connectivity index (χ4v) is 2.93. The molecular weight excluding hydrogens is 222 g/mol. The van der Waals surface area contributed by atoms with Gasteiger partial charge in [0.15, 0.2) is 0 Å². The molecule has 1 aromatic rings. The zero-order valence-corrected chi connectivity index (χ0v) is 10.8. The Labute approximate surface area is 99.4 Å². The van der Waals surface area contributed by atoms with Gasteiger partial charge in [-0.15, -0.1) is 0 Å². The van der Waals surface area contributed by atoms with Gasteiger partial charge in [0.2, 0.25) is 0 Å². The minimum atomic E-state index is -0.840. The molecule has 0 aliphatic carbocycles. The molecule has 0 aliphatic rings. The Hall–Kier alpha value is -1.03. The van der Waals surface area contributed by atoms with Gasteiger partial charge in [0.25, 0.3) is 0 Å². The first kappa shape index (κ1) is 13.0. The predicted molar refractivity (Wildman–Crippen MR) is 69.0 cm³/mol. The number of ether oxygens (including phenoxy) is 1. The van der Waals surface area contributed by atoms with Crippen molar-refractivity contribution in [3.05, 3.63) is 23.8 Å². The molecule has 0 amide bonds. The lowest BCUT2D eigenvalue weighted by molar-refractivity contribution is 0.411. The van der Waals surface area contributed by atoms with Crippen LogP contribution in [0.4, 0.5) is 5.69 Å². The van der Waals surface area contributed by atoms with Crippen LogP contribution in [0, 0.1) is 5.92 Å². The Kier molecular flexibility index (Phi) is 4.80. The van der Waals surface area contributed by atoms with Gasteiger partial charge in [-0.05, 0) is 12.0 Å². The summed E-state index contributed by atoms with van der Waals surface area (Å²) in [6, 6.07) is 5.46. The van der Waals surface area contributed by atoms with Crippen molar-refractivity contribution in [2.24, 2.45) is 5.92 Å². The van der Waals surface area contributed by atoms with Gasteiger partial charge < -0.3 is 10.5 Å². The summed E-state index contributed by atoms with van der Waals surface area (Å²) in [5.74, 6) is 2.41. The van der Waals surface area contributed by atoms with Gasteiger partial charge in [0.05, 0.1) is 12.9 Å². The number of hydrogen-bond acceptors (Lipinski definition) is 3. The summed E-state index contributed by atoms with van der Waals surface area (Å²) in [5.41, 5.74) is 7.28. The molecule has 1 rings (SSSR count). The standard InChI is InChI=1S/C12H19NO2S/c1-9(2)7-16(14)8-10-4-5-11(13)6-12(10)15-3/h4-6,9H,7-8,13H2,1-3H3. The van der Waals surface area contributed by atoms with Crippen LogP contribution in [0.1, 0.15) is 19.4 Å². The molecule has 2 N–H and O–H groups in total. The molecular formula is C12H19NO2S. The maximum absolute atomic E-state index is 11.8. The van der Waals surface area contributed by atoms with E-state index in [4.69, 9.17) is 10.5 Å². The number of methoxy groups -OCH3 is 1. The summed E-state index contributed by atoms with van der Waals surface area (Å²) in [6.45, 7) is 4.14. The van der Waals surface area contributed by atoms with Crippen LogP contribution in [0.25, 0.3) is 0 Å². The molecule has 1 aromatic carbocycles. The van der Waals surface area contributed by atoms with Crippen LogP contribution in [-0.4, -0.2) is 17.1 Å². The maximum atomic E-state index is 11.8. The van der Waals surface area contributed by atoms with E-state index in [1.807, 2.05) is 12.1 Å². The van der Waals surface area contributed by atoms with E-state index in [0.29, 0.717) is 23.1 Å². The summed E-state index contributed by atoms with van der Waals surface area (Å²) < 4.78 is 17.0. The normalized spacial score (nSPS) is 12.8. The number of hydrogen-bond donors (Lipinski definition) is 1. The van der Waals surface area contributed by atoms with E-state index in [9.17, 15) is 4.21 Å². The van der Waals surface area contributed by atoms with Crippen LogP contribution in [0.5, 0.6) is 5.75 Å². The van der Waals surface area contributed by atoms with Crippen molar-refractivity contribution < 1.29 is 8.95 Å². The van der Waals surface area contributed by atoms with Gasteiger partial charge in [0, 0.05) is 33.9 Å². The highest BCUT2D eigenvalue weighted by Gasteiger charge is 2.09. The molecule has 0 saturated heterocycles. The predicted octanol–water partition coefficient (Wildman–Crippen LogP) is 2.18. The van der Waals surface area contributed by atoms with Crippen LogP contribution >= 0.6 is 0 Å². The second-order valence-corrected chi connectivity index (χ2v) is 5.72. The quantitative estimate of drug-likeness (QED) is 0.804. The number of benzene rings is 1. The van der Waals surface area contributed by atoms with E-state index in [1.165, 1.54) is 0 Å². The molecule has 0 bridgehead atoms.